The SMILES string of the molecule is CCSC#Cc1cc(-c2ccccc2)oc1C. The standard InChI is InChI=1S/C15H14OS/c1-3-17-10-9-14-11-15(16-12(14)2)13-7-5-4-6-8-13/h4-8,11H,3H2,1-2H3. The zero-order valence-electron chi connectivity index (χ0n) is 9.99. The van der Waals surface area contributed by atoms with Crippen molar-refractivity contribution in [2.45, 2.75) is 13.8 Å². The molecule has 0 fully saturated rings. The zero-order valence-corrected chi connectivity index (χ0v) is 10.8. The van der Waals surface area contributed by atoms with Crippen molar-refractivity contribution in [2.75, 3.05) is 5.75 Å². The lowest BCUT2D eigenvalue weighted by Gasteiger charge is -1.93. The smallest absolute Gasteiger partial charge is 0.135 e. The Morgan fingerprint density at radius 1 is 1.24 bits per heavy atom. The monoisotopic (exact) mass is 242 g/mol. The van der Waals surface area contributed by atoms with Gasteiger partial charge in [0, 0.05) is 17.4 Å². The molecular formula is C15H14OS. The van der Waals surface area contributed by atoms with Crippen molar-refractivity contribution in [1.82, 2.24) is 0 Å². The predicted octanol–water partition coefficient (Wildman–Crippen LogP) is 4.32. The summed E-state index contributed by atoms with van der Waals surface area (Å²) in [7, 11) is 0. The maximum Gasteiger partial charge on any atom is 0.135 e. The van der Waals surface area contributed by atoms with Crippen LogP contribution >= 0.6 is 11.8 Å². The van der Waals surface area contributed by atoms with Gasteiger partial charge in [0.2, 0.25) is 0 Å². The minimum absolute atomic E-state index is 0.882. The summed E-state index contributed by atoms with van der Waals surface area (Å²) in [4.78, 5) is 0. The van der Waals surface area contributed by atoms with Gasteiger partial charge in [0.25, 0.3) is 0 Å². The molecule has 2 heteroatoms. The fourth-order valence-corrected chi connectivity index (χ4v) is 1.84. The van der Waals surface area contributed by atoms with E-state index in [0.717, 1.165) is 28.4 Å². The summed E-state index contributed by atoms with van der Waals surface area (Å²) in [5.41, 5.74) is 2.07. The van der Waals surface area contributed by atoms with Crippen molar-refractivity contribution in [3.05, 3.63) is 47.7 Å². The number of thioether (sulfide) groups is 1. The van der Waals surface area contributed by atoms with E-state index in [2.05, 4.69) is 18.1 Å². The molecule has 0 spiro atoms. The first kappa shape index (κ1) is 11.9. The number of aryl methyl sites for hydroxylation is 1. The van der Waals surface area contributed by atoms with Crippen LogP contribution in [-0.2, 0) is 0 Å². The average Bonchev–Trinajstić information content (AvgIpc) is 2.73. The molecular weight excluding hydrogens is 228 g/mol. The number of rotatable bonds is 2. The molecule has 17 heavy (non-hydrogen) atoms. The highest BCUT2D eigenvalue weighted by Crippen LogP contribution is 2.24. The molecule has 1 heterocycles. The Hall–Kier alpha value is -1.59. The lowest BCUT2D eigenvalue weighted by atomic mass is 10.1. The Bertz CT molecular complexity index is 543. The fraction of sp³-hybridized carbons (Fsp3) is 0.200. The van der Waals surface area contributed by atoms with Crippen LogP contribution in [0.5, 0.6) is 0 Å². The van der Waals surface area contributed by atoms with Crippen LogP contribution in [0.3, 0.4) is 0 Å². The highest BCUT2D eigenvalue weighted by molar-refractivity contribution is 8.03. The first-order chi connectivity index (χ1) is 8.31. The van der Waals surface area contributed by atoms with Crippen molar-refractivity contribution in [2.24, 2.45) is 0 Å². The number of benzene rings is 1. The van der Waals surface area contributed by atoms with Gasteiger partial charge in [-0.3, -0.25) is 0 Å². The van der Waals surface area contributed by atoms with Gasteiger partial charge in [-0.1, -0.05) is 54.9 Å². The van der Waals surface area contributed by atoms with Gasteiger partial charge in [0.05, 0.1) is 5.56 Å². The van der Waals surface area contributed by atoms with Crippen LogP contribution in [0.1, 0.15) is 18.2 Å². The molecule has 0 radical (unpaired) electrons. The molecule has 1 nitrogen and oxygen atoms in total. The van der Waals surface area contributed by atoms with Crippen LogP contribution in [0.15, 0.2) is 40.8 Å². The van der Waals surface area contributed by atoms with Crippen LogP contribution in [0.25, 0.3) is 11.3 Å². The Labute approximate surface area is 106 Å². The second-order valence-electron chi connectivity index (χ2n) is 3.61. The van der Waals surface area contributed by atoms with Crippen molar-refractivity contribution in [3.8, 4) is 22.5 Å². The molecule has 86 valence electrons. The summed E-state index contributed by atoms with van der Waals surface area (Å²) < 4.78 is 5.72. The summed E-state index contributed by atoms with van der Waals surface area (Å²) in [6.07, 6.45) is 0. The van der Waals surface area contributed by atoms with E-state index in [0.29, 0.717) is 0 Å². The Morgan fingerprint density at radius 3 is 2.71 bits per heavy atom. The van der Waals surface area contributed by atoms with E-state index in [1.165, 1.54) is 0 Å². The number of furan rings is 1. The van der Waals surface area contributed by atoms with Crippen molar-refractivity contribution >= 4 is 11.8 Å². The molecule has 0 saturated heterocycles. The Morgan fingerprint density at radius 2 is 2.00 bits per heavy atom. The van der Waals surface area contributed by atoms with Gasteiger partial charge < -0.3 is 4.42 Å². The van der Waals surface area contributed by atoms with Crippen molar-refractivity contribution in [1.29, 1.82) is 0 Å². The van der Waals surface area contributed by atoms with Crippen LogP contribution in [0, 0.1) is 18.1 Å². The lowest BCUT2D eigenvalue weighted by molar-refractivity contribution is 0.547. The summed E-state index contributed by atoms with van der Waals surface area (Å²) in [5.74, 6) is 5.90. The Kier molecular flexibility index (Phi) is 3.95. The predicted molar refractivity (Wildman–Crippen MR) is 73.9 cm³/mol. The molecule has 0 amide bonds. The first-order valence-corrected chi connectivity index (χ1v) is 6.58. The van der Waals surface area contributed by atoms with Gasteiger partial charge >= 0.3 is 0 Å². The van der Waals surface area contributed by atoms with Gasteiger partial charge in [0.1, 0.15) is 11.5 Å². The molecule has 0 atom stereocenters. The molecule has 2 aromatic rings. The summed E-state index contributed by atoms with van der Waals surface area (Å²) in [6, 6.07) is 12.1. The molecule has 0 aliphatic rings. The van der Waals surface area contributed by atoms with Gasteiger partial charge in [-0.2, -0.15) is 0 Å². The van der Waals surface area contributed by atoms with E-state index in [9.17, 15) is 0 Å². The van der Waals surface area contributed by atoms with E-state index in [1.807, 2.05) is 43.3 Å². The van der Waals surface area contributed by atoms with Crippen LogP contribution < -0.4 is 0 Å². The first-order valence-electron chi connectivity index (χ1n) is 5.60. The van der Waals surface area contributed by atoms with Crippen LogP contribution in [-0.4, -0.2) is 5.75 Å². The second-order valence-corrected chi connectivity index (χ2v) is 4.68. The van der Waals surface area contributed by atoms with Gasteiger partial charge in [-0.15, -0.1) is 0 Å². The summed E-state index contributed by atoms with van der Waals surface area (Å²) >= 11 is 1.61. The average molecular weight is 242 g/mol. The topological polar surface area (TPSA) is 13.1 Å². The fourth-order valence-electron chi connectivity index (χ4n) is 1.51. The molecule has 0 aliphatic heterocycles. The van der Waals surface area contributed by atoms with Crippen LogP contribution in [0.4, 0.5) is 0 Å². The molecule has 1 aromatic heterocycles. The third-order valence-electron chi connectivity index (χ3n) is 2.38. The van der Waals surface area contributed by atoms with E-state index in [1.54, 1.807) is 11.8 Å². The molecule has 0 bridgehead atoms. The third kappa shape index (κ3) is 2.95. The second kappa shape index (κ2) is 5.65. The Balaban J connectivity index is 2.29. The maximum absolute atomic E-state index is 5.72. The van der Waals surface area contributed by atoms with E-state index >= 15 is 0 Å². The van der Waals surface area contributed by atoms with Crippen molar-refractivity contribution in [3.63, 3.8) is 0 Å². The van der Waals surface area contributed by atoms with Gasteiger partial charge in [-0.25, -0.2) is 0 Å². The number of hydrogen-bond donors (Lipinski definition) is 0. The van der Waals surface area contributed by atoms with E-state index in [-0.39, 0.29) is 0 Å². The largest absolute Gasteiger partial charge is 0.460 e. The third-order valence-corrected chi connectivity index (χ3v) is 2.91. The molecule has 0 unspecified atom stereocenters. The lowest BCUT2D eigenvalue weighted by Crippen LogP contribution is -1.71. The molecule has 2 rings (SSSR count). The van der Waals surface area contributed by atoms with E-state index < -0.39 is 0 Å². The normalized spacial score (nSPS) is 9.76. The molecule has 0 aliphatic carbocycles. The summed E-state index contributed by atoms with van der Waals surface area (Å²) in [6.45, 7) is 4.05. The quantitative estimate of drug-likeness (QED) is 0.728. The van der Waals surface area contributed by atoms with Gasteiger partial charge in [0.15, 0.2) is 0 Å². The number of hydrogen-bond acceptors (Lipinski definition) is 2. The van der Waals surface area contributed by atoms with Crippen molar-refractivity contribution < 1.29 is 4.42 Å². The zero-order chi connectivity index (χ0) is 12.1. The van der Waals surface area contributed by atoms with Crippen LogP contribution in [0.2, 0.25) is 0 Å². The minimum atomic E-state index is 0.882. The minimum Gasteiger partial charge on any atom is -0.460 e. The molecule has 1 aromatic carbocycles. The van der Waals surface area contributed by atoms with E-state index in [4.69, 9.17) is 4.42 Å². The highest BCUT2D eigenvalue weighted by atomic mass is 32.2. The molecule has 0 saturated carbocycles. The summed E-state index contributed by atoms with van der Waals surface area (Å²) in [5, 5.41) is 3.06. The highest BCUT2D eigenvalue weighted by Gasteiger charge is 2.06. The van der Waals surface area contributed by atoms with Gasteiger partial charge in [-0.05, 0) is 12.2 Å². The molecule has 0 N–H and O–H groups in total. The maximum atomic E-state index is 5.72.